The van der Waals surface area contributed by atoms with Crippen molar-refractivity contribution in [3.8, 4) is 0 Å². The number of rotatable bonds is 18. The van der Waals surface area contributed by atoms with Crippen LogP contribution in [0.25, 0.3) is 0 Å². The van der Waals surface area contributed by atoms with E-state index < -0.39 is 24.9 Å². The van der Waals surface area contributed by atoms with E-state index in [4.69, 9.17) is 5.11 Å². The zero-order chi connectivity index (χ0) is 18.0. The first-order valence-electron chi connectivity index (χ1n) is 9.99. The van der Waals surface area contributed by atoms with Crippen molar-refractivity contribution < 1.29 is 20.4 Å². The second-order valence-corrected chi connectivity index (χ2v) is 6.90. The van der Waals surface area contributed by atoms with Gasteiger partial charge >= 0.3 is 0 Å². The zero-order valence-corrected chi connectivity index (χ0v) is 15.6. The molecule has 146 valence electrons. The van der Waals surface area contributed by atoms with Crippen molar-refractivity contribution in [1.29, 1.82) is 0 Å². The van der Waals surface area contributed by atoms with Gasteiger partial charge in [-0.25, -0.2) is 0 Å². The van der Waals surface area contributed by atoms with E-state index in [1.807, 2.05) is 0 Å². The first kappa shape index (κ1) is 23.8. The molecule has 0 fully saturated rings. The molecule has 0 saturated carbocycles. The Bertz CT molecular complexity index is 254. The van der Waals surface area contributed by atoms with Gasteiger partial charge in [-0.15, -0.1) is 0 Å². The molecule has 0 aliphatic carbocycles. The van der Waals surface area contributed by atoms with Crippen LogP contribution in [0.1, 0.15) is 84.0 Å². The number of aliphatic hydroxyl groups is 4. The molecule has 0 aliphatic heterocycles. The van der Waals surface area contributed by atoms with Crippen LogP contribution in [0.3, 0.4) is 0 Å². The minimum Gasteiger partial charge on any atom is -0.394 e. The van der Waals surface area contributed by atoms with Crippen LogP contribution in [-0.2, 0) is 0 Å². The van der Waals surface area contributed by atoms with E-state index in [2.05, 4.69) is 12.2 Å². The summed E-state index contributed by atoms with van der Waals surface area (Å²) in [5.41, 5.74) is 0. The van der Waals surface area contributed by atoms with Gasteiger partial charge in [-0.2, -0.15) is 0 Å². The van der Waals surface area contributed by atoms with Gasteiger partial charge in [0.1, 0.15) is 12.2 Å². The van der Waals surface area contributed by atoms with Crippen molar-refractivity contribution in [3.63, 3.8) is 0 Å². The molecule has 0 rings (SSSR count). The summed E-state index contributed by atoms with van der Waals surface area (Å²) in [6, 6.07) is 0. The van der Waals surface area contributed by atoms with Crippen LogP contribution in [0.2, 0.25) is 0 Å². The molecular formula is C19H41NO4. The largest absolute Gasteiger partial charge is 0.394 e. The summed E-state index contributed by atoms with van der Waals surface area (Å²) in [4.78, 5) is 0. The van der Waals surface area contributed by atoms with E-state index in [1.165, 1.54) is 70.6 Å². The Morgan fingerprint density at radius 2 is 1.12 bits per heavy atom. The maximum absolute atomic E-state index is 9.63. The summed E-state index contributed by atoms with van der Waals surface area (Å²) in [5.74, 6) is 0. The normalized spacial score (nSPS) is 15.4. The quantitative estimate of drug-likeness (QED) is 0.245. The highest BCUT2D eigenvalue weighted by atomic mass is 16.4. The Kier molecular flexibility index (Phi) is 17.5. The predicted octanol–water partition coefficient (Wildman–Crippen LogP) is 2.35. The van der Waals surface area contributed by atoms with Crippen LogP contribution in [0, 0.1) is 0 Å². The highest BCUT2D eigenvalue weighted by molar-refractivity contribution is 4.76. The van der Waals surface area contributed by atoms with Crippen molar-refractivity contribution in [2.45, 2.75) is 102 Å². The Hall–Kier alpha value is -0.200. The van der Waals surface area contributed by atoms with Gasteiger partial charge in [0.2, 0.25) is 0 Å². The van der Waals surface area contributed by atoms with Crippen LogP contribution in [0.15, 0.2) is 0 Å². The summed E-state index contributed by atoms with van der Waals surface area (Å²) in [6.07, 6.45) is 12.1. The second kappa shape index (κ2) is 17.6. The maximum Gasteiger partial charge on any atom is 0.109 e. The van der Waals surface area contributed by atoms with Gasteiger partial charge in [-0.1, -0.05) is 77.6 Å². The molecule has 5 nitrogen and oxygen atoms in total. The molecule has 0 aromatic carbocycles. The van der Waals surface area contributed by atoms with Gasteiger partial charge in [-0.3, -0.25) is 0 Å². The van der Waals surface area contributed by atoms with Crippen LogP contribution in [0.4, 0.5) is 0 Å². The monoisotopic (exact) mass is 347 g/mol. The van der Waals surface area contributed by atoms with Crippen LogP contribution in [-0.4, -0.2) is 58.4 Å². The molecular weight excluding hydrogens is 306 g/mol. The Morgan fingerprint density at radius 1 is 0.667 bits per heavy atom. The van der Waals surface area contributed by atoms with Crippen LogP contribution >= 0.6 is 0 Å². The summed E-state index contributed by atoms with van der Waals surface area (Å²) >= 11 is 0. The predicted molar refractivity (Wildman–Crippen MR) is 99.1 cm³/mol. The standard InChI is InChI=1S/C19H41NO4/c1-2-3-4-5-6-7-8-9-10-11-12-13-14-20-15-17(22)19(24)18(23)16-21/h17-24H,2-16H2,1H3/t17-,18+,19-/m0/s1. The van der Waals surface area contributed by atoms with Crippen molar-refractivity contribution in [2.24, 2.45) is 0 Å². The molecule has 0 amide bonds. The van der Waals surface area contributed by atoms with E-state index >= 15 is 0 Å². The lowest BCUT2D eigenvalue weighted by Gasteiger charge is -2.21. The number of unbranched alkanes of at least 4 members (excludes halogenated alkanes) is 11. The third kappa shape index (κ3) is 14.2. The maximum atomic E-state index is 9.63. The number of hydrogen-bond acceptors (Lipinski definition) is 5. The van der Waals surface area contributed by atoms with Crippen molar-refractivity contribution in [2.75, 3.05) is 19.7 Å². The average Bonchev–Trinajstić information content (AvgIpc) is 2.60. The minimum atomic E-state index is -1.30. The van der Waals surface area contributed by atoms with E-state index in [1.54, 1.807) is 0 Å². The van der Waals surface area contributed by atoms with E-state index in [0.29, 0.717) is 0 Å². The van der Waals surface area contributed by atoms with Gasteiger partial charge < -0.3 is 25.7 Å². The number of nitrogens with one attached hydrogen (secondary N) is 1. The molecule has 0 spiro atoms. The topological polar surface area (TPSA) is 93.0 Å². The molecule has 3 atom stereocenters. The van der Waals surface area contributed by atoms with Gasteiger partial charge in [0.25, 0.3) is 0 Å². The van der Waals surface area contributed by atoms with E-state index in [9.17, 15) is 15.3 Å². The molecule has 0 aromatic rings. The zero-order valence-electron chi connectivity index (χ0n) is 15.6. The summed E-state index contributed by atoms with van der Waals surface area (Å²) in [7, 11) is 0. The molecule has 0 unspecified atom stereocenters. The van der Waals surface area contributed by atoms with E-state index in [0.717, 1.165) is 13.0 Å². The summed E-state index contributed by atoms with van der Waals surface area (Å²) in [5, 5.41) is 40.1. The molecule has 0 heterocycles. The van der Waals surface area contributed by atoms with E-state index in [-0.39, 0.29) is 6.54 Å². The Morgan fingerprint density at radius 3 is 1.58 bits per heavy atom. The van der Waals surface area contributed by atoms with Gasteiger partial charge in [0.05, 0.1) is 12.7 Å². The lowest BCUT2D eigenvalue weighted by molar-refractivity contribution is -0.0749. The fourth-order valence-corrected chi connectivity index (χ4v) is 2.83. The minimum absolute atomic E-state index is 0.232. The summed E-state index contributed by atoms with van der Waals surface area (Å²) in [6.45, 7) is 2.74. The molecule has 0 bridgehead atoms. The molecule has 0 saturated heterocycles. The fourth-order valence-electron chi connectivity index (χ4n) is 2.83. The first-order chi connectivity index (χ1) is 11.6. The van der Waals surface area contributed by atoms with Crippen LogP contribution in [0.5, 0.6) is 0 Å². The first-order valence-corrected chi connectivity index (χ1v) is 9.99. The van der Waals surface area contributed by atoms with Crippen molar-refractivity contribution in [3.05, 3.63) is 0 Å². The molecule has 0 aliphatic rings. The third-order valence-corrected chi connectivity index (χ3v) is 4.54. The Balaban J connectivity index is 3.23. The molecule has 0 radical (unpaired) electrons. The second-order valence-electron chi connectivity index (χ2n) is 6.90. The molecule has 0 aromatic heterocycles. The van der Waals surface area contributed by atoms with Gasteiger partial charge in [0, 0.05) is 6.54 Å². The Labute approximate surface area is 148 Å². The third-order valence-electron chi connectivity index (χ3n) is 4.54. The fraction of sp³-hybridized carbons (Fsp3) is 1.00. The van der Waals surface area contributed by atoms with Gasteiger partial charge in [-0.05, 0) is 13.0 Å². The number of hydrogen-bond donors (Lipinski definition) is 5. The highest BCUT2D eigenvalue weighted by Gasteiger charge is 2.23. The average molecular weight is 348 g/mol. The molecule has 24 heavy (non-hydrogen) atoms. The van der Waals surface area contributed by atoms with Gasteiger partial charge in [0.15, 0.2) is 0 Å². The SMILES string of the molecule is CCCCCCCCCCCCCCNC[C@H](O)[C@H](O)[C@H](O)CO. The summed E-state index contributed by atoms with van der Waals surface area (Å²) < 4.78 is 0. The lowest BCUT2D eigenvalue weighted by Crippen LogP contribution is -2.44. The molecule has 5 N–H and O–H groups in total. The lowest BCUT2D eigenvalue weighted by atomic mass is 10.1. The number of aliphatic hydroxyl groups excluding tert-OH is 4. The van der Waals surface area contributed by atoms with Crippen molar-refractivity contribution >= 4 is 0 Å². The van der Waals surface area contributed by atoms with Crippen LogP contribution < -0.4 is 5.32 Å². The van der Waals surface area contributed by atoms with Crippen molar-refractivity contribution in [1.82, 2.24) is 5.32 Å². The highest BCUT2D eigenvalue weighted by Crippen LogP contribution is 2.11. The smallest absolute Gasteiger partial charge is 0.109 e. The molecule has 5 heteroatoms.